The summed E-state index contributed by atoms with van der Waals surface area (Å²) in [7, 11) is 0. The van der Waals surface area contributed by atoms with Crippen molar-refractivity contribution in [2.24, 2.45) is 0 Å². The minimum absolute atomic E-state index is 0.105. The minimum atomic E-state index is -1.15. The third-order valence-corrected chi connectivity index (χ3v) is 3.56. The average molecular weight is 315 g/mol. The molecular weight excluding hydrogens is 303 g/mol. The standard InChI is InChI=1S/C13H12Cl2N2O3/c1-7-4-10(15)11(5-9(7)14)17-6-8(2-3-18)12(16-17)13(19)20/h4-6,18H,2-3H2,1H3,(H,19,20). The molecule has 0 saturated heterocycles. The lowest BCUT2D eigenvalue weighted by Crippen LogP contribution is -2.04. The fourth-order valence-corrected chi connectivity index (χ4v) is 2.29. The molecule has 0 aliphatic heterocycles. The lowest BCUT2D eigenvalue weighted by Gasteiger charge is -2.07. The van der Waals surface area contributed by atoms with E-state index in [4.69, 9.17) is 33.4 Å². The maximum atomic E-state index is 11.1. The smallest absolute Gasteiger partial charge is 0.356 e. The van der Waals surface area contributed by atoms with Crippen molar-refractivity contribution in [1.82, 2.24) is 9.78 Å². The molecule has 2 aromatic rings. The Hall–Kier alpha value is -1.56. The fraction of sp³-hybridized carbons (Fsp3) is 0.231. The Morgan fingerprint density at radius 3 is 2.65 bits per heavy atom. The number of rotatable bonds is 4. The molecule has 0 amide bonds. The van der Waals surface area contributed by atoms with E-state index in [2.05, 4.69) is 5.10 Å². The van der Waals surface area contributed by atoms with Crippen LogP contribution in [0, 0.1) is 6.92 Å². The lowest BCUT2D eigenvalue weighted by molar-refractivity contribution is 0.0688. The number of aliphatic hydroxyl groups excluding tert-OH is 1. The summed E-state index contributed by atoms with van der Waals surface area (Å²) in [5.41, 5.74) is 1.65. The average Bonchev–Trinajstić information content (AvgIpc) is 2.78. The van der Waals surface area contributed by atoms with Gasteiger partial charge in [-0.25, -0.2) is 9.48 Å². The zero-order chi connectivity index (χ0) is 14.9. The zero-order valence-electron chi connectivity index (χ0n) is 10.6. The number of aromatic nitrogens is 2. The molecule has 0 aliphatic carbocycles. The molecule has 7 heteroatoms. The molecule has 0 atom stereocenters. The Bertz CT molecular complexity index is 668. The van der Waals surface area contributed by atoms with Gasteiger partial charge in [0.25, 0.3) is 0 Å². The Morgan fingerprint density at radius 1 is 1.35 bits per heavy atom. The first-order valence-electron chi connectivity index (χ1n) is 5.82. The van der Waals surface area contributed by atoms with Crippen LogP contribution < -0.4 is 0 Å². The number of nitrogens with zero attached hydrogens (tertiary/aromatic N) is 2. The van der Waals surface area contributed by atoms with Gasteiger partial charge in [0, 0.05) is 23.4 Å². The predicted octanol–water partition coefficient (Wildman–Crippen LogP) is 2.72. The SMILES string of the molecule is Cc1cc(Cl)c(-n2cc(CCO)c(C(=O)O)n2)cc1Cl. The second kappa shape index (κ2) is 5.83. The quantitative estimate of drug-likeness (QED) is 0.909. The molecule has 0 bridgehead atoms. The first-order valence-corrected chi connectivity index (χ1v) is 6.58. The van der Waals surface area contributed by atoms with Gasteiger partial charge in [-0.15, -0.1) is 0 Å². The van der Waals surface area contributed by atoms with Gasteiger partial charge in [-0.3, -0.25) is 0 Å². The highest BCUT2D eigenvalue weighted by Crippen LogP contribution is 2.28. The highest BCUT2D eigenvalue weighted by Gasteiger charge is 2.17. The summed E-state index contributed by atoms with van der Waals surface area (Å²) in [5, 5.41) is 23.0. The van der Waals surface area contributed by atoms with Gasteiger partial charge in [-0.2, -0.15) is 5.10 Å². The van der Waals surface area contributed by atoms with Crippen LogP contribution in [-0.2, 0) is 6.42 Å². The number of carbonyl (C=O) groups is 1. The molecule has 0 unspecified atom stereocenters. The first kappa shape index (κ1) is 14.8. The highest BCUT2D eigenvalue weighted by atomic mass is 35.5. The van der Waals surface area contributed by atoms with Crippen LogP contribution in [0.3, 0.4) is 0 Å². The number of hydrogen-bond donors (Lipinski definition) is 2. The molecule has 0 spiro atoms. The molecule has 0 radical (unpaired) electrons. The van der Waals surface area contributed by atoms with Gasteiger partial charge < -0.3 is 10.2 Å². The van der Waals surface area contributed by atoms with E-state index in [1.54, 1.807) is 12.1 Å². The van der Waals surface area contributed by atoms with Crippen LogP contribution in [0.4, 0.5) is 0 Å². The maximum absolute atomic E-state index is 11.1. The van der Waals surface area contributed by atoms with Crippen LogP contribution >= 0.6 is 23.2 Å². The van der Waals surface area contributed by atoms with Crippen LogP contribution in [0.1, 0.15) is 21.6 Å². The maximum Gasteiger partial charge on any atom is 0.356 e. The Morgan fingerprint density at radius 2 is 2.05 bits per heavy atom. The number of carboxylic acids is 1. The molecule has 0 aliphatic rings. The van der Waals surface area contributed by atoms with Gasteiger partial charge in [-0.05, 0) is 31.0 Å². The van der Waals surface area contributed by atoms with E-state index < -0.39 is 5.97 Å². The summed E-state index contributed by atoms with van der Waals surface area (Å²) >= 11 is 12.2. The van der Waals surface area contributed by atoms with Gasteiger partial charge in [0.2, 0.25) is 0 Å². The summed E-state index contributed by atoms with van der Waals surface area (Å²) < 4.78 is 1.36. The van der Waals surface area contributed by atoms with Crippen molar-refractivity contribution in [2.45, 2.75) is 13.3 Å². The van der Waals surface area contributed by atoms with E-state index in [1.807, 2.05) is 6.92 Å². The molecule has 2 rings (SSSR count). The third-order valence-electron chi connectivity index (χ3n) is 2.85. The number of halogens is 2. The number of benzene rings is 1. The zero-order valence-corrected chi connectivity index (χ0v) is 12.1. The van der Waals surface area contributed by atoms with Gasteiger partial charge >= 0.3 is 5.97 Å². The van der Waals surface area contributed by atoms with Crippen molar-refractivity contribution in [3.05, 3.63) is 45.2 Å². The number of hydrogen-bond acceptors (Lipinski definition) is 3. The van der Waals surface area contributed by atoms with Gasteiger partial charge in [0.1, 0.15) is 0 Å². The van der Waals surface area contributed by atoms with Crippen LogP contribution in [0.25, 0.3) is 5.69 Å². The number of aromatic carboxylic acids is 1. The topological polar surface area (TPSA) is 75.4 Å². The molecule has 0 saturated carbocycles. The van der Waals surface area contributed by atoms with Crippen molar-refractivity contribution in [3.63, 3.8) is 0 Å². The summed E-state index contributed by atoms with van der Waals surface area (Å²) in [6.07, 6.45) is 1.74. The predicted molar refractivity (Wildman–Crippen MR) is 76.1 cm³/mol. The molecular formula is C13H12Cl2N2O3. The van der Waals surface area contributed by atoms with E-state index >= 15 is 0 Å². The van der Waals surface area contributed by atoms with Gasteiger partial charge in [0.15, 0.2) is 5.69 Å². The van der Waals surface area contributed by atoms with Crippen LogP contribution in [0.2, 0.25) is 10.0 Å². The number of carboxylic acid groups (broad SMARTS) is 1. The Kier molecular flexibility index (Phi) is 4.32. The van der Waals surface area contributed by atoms with Crippen molar-refractivity contribution in [2.75, 3.05) is 6.61 Å². The first-order chi connectivity index (χ1) is 9.43. The molecule has 106 valence electrons. The Balaban J connectivity index is 2.56. The van der Waals surface area contributed by atoms with Crippen LogP contribution in [-0.4, -0.2) is 32.6 Å². The second-order valence-electron chi connectivity index (χ2n) is 4.28. The molecule has 20 heavy (non-hydrogen) atoms. The van der Waals surface area contributed by atoms with E-state index in [0.29, 0.717) is 21.3 Å². The number of aliphatic hydroxyl groups is 1. The fourth-order valence-electron chi connectivity index (χ4n) is 1.83. The van der Waals surface area contributed by atoms with Crippen molar-refractivity contribution < 1.29 is 15.0 Å². The molecule has 5 nitrogen and oxygen atoms in total. The van der Waals surface area contributed by atoms with Crippen molar-refractivity contribution in [3.8, 4) is 5.69 Å². The second-order valence-corrected chi connectivity index (χ2v) is 5.09. The Labute approximate surface area is 125 Å². The van der Waals surface area contributed by atoms with E-state index in [0.717, 1.165) is 5.56 Å². The molecule has 1 aromatic heterocycles. The molecule has 1 aromatic carbocycles. The van der Waals surface area contributed by atoms with Gasteiger partial charge in [-0.1, -0.05) is 23.2 Å². The third kappa shape index (κ3) is 2.80. The highest BCUT2D eigenvalue weighted by molar-refractivity contribution is 6.35. The summed E-state index contributed by atoms with van der Waals surface area (Å²) in [4.78, 5) is 11.1. The van der Waals surface area contributed by atoms with E-state index in [9.17, 15) is 4.79 Å². The summed E-state index contributed by atoms with van der Waals surface area (Å²) in [6.45, 7) is 1.66. The number of aryl methyl sites for hydroxylation is 1. The molecule has 1 heterocycles. The van der Waals surface area contributed by atoms with Crippen LogP contribution in [0.15, 0.2) is 18.3 Å². The van der Waals surface area contributed by atoms with E-state index in [-0.39, 0.29) is 18.7 Å². The molecule has 0 fully saturated rings. The van der Waals surface area contributed by atoms with Gasteiger partial charge in [0.05, 0.1) is 10.7 Å². The largest absolute Gasteiger partial charge is 0.476 e. The normalized spacial score (nSPS) is 10.8. The van der Waals surface area contributed by atoms with Crippen molar-refractivity contribution in [1.29, 1.82) is 0 Å². The monoisotopic (exact) mass is 314 g/mol. The van der Waals surface area contributed by atoms with Crippen LogP contribution in [0.5, 0.6) is 0 Å². The lowest BCUT2D eigenvalue weighted by atomic mass is 10.2. The summed E-state index contributed by atoms with van der Waals surface area (Å²) in [5.74, 6) is -1.15. The summed E-state index contributed by atoms with van der Waals surface area (Å²) in [6, 6.07) is 3.31. The molecule has 2 N–H and O–H groups in total. The van der Waals surface area contributed by atoms with E-state index in [1.165, 1.54) is 10.9 Å². The van der Waals surface area contributed by atoms with Crippen molar-refractivity contribution >= 4 is 29.2 Å². The minimum Gasteiger partial charge on any atom is -0.476 e.